The third-order valence-electron chi connectivity index (χ3n) is 3.13. The number of para-hydroxylation sites is 1. The summed E-state index contributed by atoms with van der Waals surface area (Å²) < 4.78 is 1.85. The van der Waals surface area contributed by atoms with Gasteiger partial charge in [0.25, 0.3) is 0 Å². The van der Waals surface area contributed by atoms with Crippen LogP contribution in [0.3, 0.4) is 0 Å². The quantitative estimate of drug-likeness (QED) is 0.894. The van der Waals surface area contributed by atoms with Crippen LogP contribution in [0.5, 0.6) is 0 Å². The Bertz CT molecular complexity index is 517. The monoisotopic (exact) mass is 244 g/mol. The first kappa shape index (κ1) is 12.8. The van der Waals surface area contributed by atoms with Crippen LogP contribution in [0.15, 0.2) is 36.5 Å². The Labute approximate surface area is 108 Å². The van der Waals surface area contributed by atoms with Gasteiger partial charge in [-0.15, -0.1) is 0 Å². The molecule has 0 saturated heterocycles. The minimum Gasteiger partial charge on any atom is -0.388 e. The zero-order valence-corrected chi connectivity index (χ0v) is 11.2. The van der Waals surface area contributed by atoms with Gasteiger partial charge in [-0.1, -0.05) is 39.0 Å². The van der Waals surface area contributed by atoms with Crippen LogP contribution in [-0.4, -0.2) is 14.9 Å². The molecular weight excluding hydrogens is 224 g/mol. The van der Waals surface area contributed by atoms with Gasteiger partial charge in [-0.25, -0.2) is 4.68 Å². The molecular formula is C15H20N2O. The molecule has 1 N–H and O–H groups in total. The van der Waals surface area contributed by atoms with Gasteiger partial charge in [0.2, 0.25) is 0 Å². The third kappa shape index (κ3) is 2.46. The van der Waals surface area contributed by atoms with Crippen LogP contribution < -0.4 is 0 Å². The molecule has 2 rings (SSSR count). The van der Waals surface area contributed by atoms with Crippen LogP contribution in [0.4, 0.5) is 0 Å². The topological polar surface area (TPSA) is 38.0 Å². The SMILES string of the molecule is CC[C@@H](O)c1ccccc1-n1ccc(C(C)C)n1. The molecule has 3 nitrogen and oxygen atoms in total. The maximum absolute atomic E-state index is 10.0. The Morgan fingerprint density at radius 3 is 2.56 bits per heavy atom. The molecule has 1 atom stereocenters. The average molecular weight is 244 g/mol. The van der Waals surface area contributed by atoms with Gasteiger partial charge in [0.15, 0.2) is 0 Å². The first-order valence-corrected chi connectivity index (χ1v) is 6.46. The van der Waals surface area contributed by atoms with Crippen molar-refractivity contribution in [3.8, 4) is 5.69 Å². The summed E-state index contributed by atoms with van der Waals surface area (Å²) in [5.41, 5.74) is 2.95. The molecule has 0 saturated carbocycles. The van der Waals surface area contributed by atoms with Crippen molar-refractivity contribution in [2.45, 2.75) is 39.2 Å². The fraction of sp³-hybridized carbons (Fsp3) is 0.400. The number of hydrogen-bond donors (Lipinski definition) is 1. The largest absolute Gasteiger partial charge is 0.388 e. The fourth-order valence-corrected chi connectivity index (χ4v) is 1.98. The van der Waals surface area contributed by atoms with Crippen LogP contribution in [0.2, 0.25) is 0 Å². The summed E-state index contributed by atoms with van der Waals surface area (Å²) >= 11 is 0. The van der Waals surface area contributed by atoms with Crippen LogP contribution in [0, 0.1) is 0 Å². The second-order valence-corrected chi connectivity index (χ2v) is 4.82. The first-order chi connectivity index (χ1) is 8.63. The Morgan fingerprint density at radius 1 is 1.22 bits per heavy atom. The van der Waals surface area contributed by atoms with Crippen molar-refractivity contribution in [3.63, 3.8) is 0 Å². The number of nitrogens with zero attached hydrogens (tertiary/aromatic N) is 2. The van der Waals surface area contributed by atoms with E-state index < -0.39 is 6.10 Å². The van der Waals surface area contributed by atoms with Crippen molar-refractivity contribution >= 4 is 0 Å². The lowest BCUT2D eigenvalue weighted by molar-refractivity contribution is 0.173. The van der Waals surface area contributed by atoms with E-state index in [1.54, 1.807) is 0 Å². The summed E-state index contributed by atoms with van der Waals surface area (Å²) in [6.07, 6.45) is 2.22. The molecule has 1 aromatic carbocycles. The molecule has 0 unspecified atom stereocenters. The van der Waals surface area contributed by atoms with E-state index in [4.69, 9.17) is 0 Å². The minimum atomic E-state index is -0.437. The smallest absolute Gasteiger partial charge is 0.0808 e. The lowest BCUT2D eigenvalue weighted by Crippen LogP contribution is -2.05. The van der Waals surface area contributed by atoms with Crippen LogP contribution >= 0.6 is 0 Å². The van der Waals surface area contributed by atoms with Crippen molar-refractivity contribution in [1.82, 2.24) is 9.78 Å². The lowest BCUT2D eigenvalue weighted by Gasteiger charge is -2.13. The zero-order valence-electron chi connectivity index (χ0n) is 11.2. The normalized spacial score (nSPS) is 12.9. The zero-order chi connectivity index (χ0) is 13.1. The van der Waals surface area contributed by atoms with Crippen molar-refractivity contribution < 1.29 is 5.11 Å². The summed E-state index contributed by atoms with van der Waals surface area (Å²) in [5.74, 6) is 0.412. The van der Waals surface area contributed by atoms with Crippen molar-refractivity contribution in [1.29, 1.82) is 0 Å². The summed E-state index contributed by atoms with van der Waals surface area (Å²) in [7, 11) is 0. The van der Waals surface area contributed by atoms with Gasteiger partial charge >= 0.3 is 0 Å². The summed E-state index contributed by atoms with van der Waals surface area (Å²) in [4.78, 5) is 0. The van der Waals surface area contributed by atoms with Gasteiger partial charge in [0.1, 0.15) is 0 Å². The van der Waals surface area contributed by atoms with Gasteiger partial charge < -0.3 is 5.11 Å². The Balaban J connectivity index is 2.43. The first-order valence-electron chi connectivity index (χ1n) is 6.46. The molecule has 1 heterocycles. The highest BCUT2D eigenvalue weighted by Gasteiger charge is 2.12. The van der Waals surface area contributed by atoms with Gasteiger partial charge in [-0.05, 0) is 24.5 Å². The highest BCUT2D eigenvalue weighted by Crippen LogP contribution is 2.24. The number of rotatable bonds is 4. The van der Waals surface area contributed by atoms with E-state index in [0.717, 1.165) is 16.9 Å². The molecule has 0 bridgehead atoms. The van der Waals surface area contributed by atoms with E-state index >= 15 is 0 Å². The van der Waals surface area contributed by atoms with E-state index in [-0.39, 0.29) is 0 Å². The molecule has 0 aliphatic rings. The van der Waals surface area contributed by atoms with Gasteiger partial charge in [0, 0.05) is 11.8 Å². The Morgan fingerprint density at radius 2 is 1.94 bits per heavy atom. The Kier molecular flexibility index (Phi) is 3.82. The molecule has 1 aromatic heterocycles. The second-order valence-electron chi connectivity index (χ2n) is 4.82. The van der Waals surface area contributed by atoms with Gasteiger partial charge in [-0.3, -0.25) is 0 Å². The van der Waals surface area contributed by atoms with E-state index in [1.807, 2.05) is 48.1 Å². The number of benzene rings is 1. The summed E-state index contributed by atoms with van der Waals surface area (Å²) in [6, 6.07) is 9.90. The molecule has 18 heavy (non-hydrogen) atoms. The van der Waals surface area contributed by atoms with Gasteiger partial charge in [-0.2, -0.15) is 5.10 Å². The highest BCUT2D eigenvalue weighted by molar-refractivity contribution is 5.41. The summed E-state index contributed by atoms with van der Waals surface area (Å²) in [5, 5.41) is 14.6. The van der Waals surface area contributed by atoms with Crippen LogP contribution in [-0.2, 0) is 0 Å². The molecule has 0 aliphatic carbocycles. The molecule has 2 aromatic rings. The van der Waals surface area contributed by atoms with Crippen molar-refractivity contribution in [2.75, 3.05) is 0 Å². The number of hydrogen-bond acceptors (Lipinski definition) is 2. The minimum absolute atomic E-state index is 0.412. The average Bonchev–Trinajstić information content (AvgIpc) is 2.87. The predicted molar refractivity (Wildman–Crippen MR) is 72.9 cm³/mol. The number of aliphatic hydroxyl groups excluding tert-OH is 1. The molecule has 0 fully saturated rings. The fourth-order valence-electron chi connectivity index (χ4n) is 1.98. The maximum atomic E-state index is 10.0. The Hall–Kier alpha value is -1.61. The highest BCUT2D eigenvalue weighted by atomic mass is 16.3. The summed E-state index contributed by atoms with van der Waals surface area (Å²) in [6.45, 7) is 6.23. The predicted octanol–water partition coefficient (Wildman–Crippen LogP) is 3.44. The molecule has 96 valence electrons. The molecule has 0 aliphatic heterocycles. The maximum Gasteiger partial charge on any atom is 0.0808 e. The molecule has 0 radical (unpaired) electrons. The van der Waals surface area contributed by atoms with E-state index in [0.29, 0.717) is 12.3 Å². The third-order valence-corrected chi connectivity index (χ3v) is 3.13. The molecule has 0 amide bonds. The van der Waals surface area contributed by atoms with Crippen molar-refractivity contribution in [2.24, 2.45) is 0 Å². The lowest BCUT2D eigenvalue weighted by atomic mass is 10.1. The molecule has 0 spiro atoms. The number of aliphatic hydroxyl groups is 1. The van der Waals surface area contributed by atoms with E-state index in [2.05, 4.69) is 18.9 Å². The van der Waals surface area contributed by atoms with Gasteiger partial charge in [0.05, 0.1) is 17.5 Å². The standard InChI is InChI=1S/C15H20N2O/c1-4-15(18)12-7-5-6-8-14(12)17-10-9-13(16-17)11(2)3/h5-11,15,18H,4H2,1-3H3/t15-/m1/s1. The number of aromatic nitrogens is 2. The molecule has 3 heteroatoms. The van der Waals surface area contributed by atoms with E-state index in [1.165, 1.54) is 0 Å². The van der Waals surface area contributed by atoms with Crippen LogP contribution in [0.25, 0.3) is 5.69 Å². The van der Waals surface area contributed by atoms with Crippen LogP contribution in [0.1, 0.15) is 50.5 Å². The van der Waals surface area contributed by atoms with Crippen molar-refractivity contribution in [3.05, 3.63) is 47.8 Å². The van der Waals surface area contributed by atoms with E-state index in [9.17, 15) is 5.11 Å². The second kappa shape index (κ2) is 5.36.